The maximum atomic E-state index is 12.0. The predicted octanol–water partition coefficient (Wildman–Crippen LogP) is 4.35. The van der Waals surface area contributed by atoms with Gasteiger partial charge in [-0.25, -0.2) is 0 Å². The lowest BCUT2D eigenvalue weighted by molar-refractivity contribution is 0.101. The van der Waals surface area contributed by atoms with Crippen LogP contribution in [0.2, 0.25) is 0 Å². The molecule has 2 rings (SSSR count). The molecule has 4 heteroatoms. The van der Waals surface area contributed by atoms with Gasteiger partial charge in [-0.15, -0.1) is 0 Å². The predicted molar refractivity (Wildman–Crippen MR) is 80.1 cm³/mol. The fourth-order valence-corrected chi connectivity index (χ4v) is 2.07. The highest BCUT2D eigenvalue weighted by Crippen LogP contribution is 2.17. The van der Waals surface area contributed by atoms with Crippen LogP contribution in [0.4, 0.5) is 0 Å². The van der Waals surface area contributed by atoms with Crippen molar-refractivity contribution in [2.24, 2.45) is 0 Å². The van der Waals surface area contributed by atoms with Crippen molar-refractivity contribution in [3.05, 3.63) is 76.2 Å². The van der Waals surface area contributed by atoms with Crippen molar-refractivity contribution in [3.63, 3.8) is 0 Å². The number of rotatable bonds is 4. The zero-order valence-corrected chi connectivity index (χ0v) is 12.0. The Bertz CT molecular complexity index is 692. The van der Waals surface area contributed by atoms with Gasteiger partial charge in [-0.05, 0) is 29.8 Å². The number of allylic oxidation sites excluding steroid dienone is 3. The lowest BCUT2D eigenvalue weighted by Gasteiger charge is -1.96. The second-order valence-electron chi connectivity index (χ2n) is 3.92. The quantitative estimate of drug-likeness (QED) is 0.363. The van der Waals surface area contributed by atoms with E-state index in [4.69, 9.17) is 9.68 Å². The van der Waals surface area contributed by atoms with E-state index in [1.807, 2.05) is 42.5 Å². The molecule has 1 aromatic heterocycles. The molecule has 0 saturated carbocycles. The number of carbonyl (C=O) groups is 1. The molecule has 2 aromatic rings. The smallest absolute Gasteiger partial charge is 0.238 e. The number of nitrogens with zero attached hydrogens (tertiary/aromatic N) is 1. The maximum absolute atomic E-state index is 12.0. The lowest BCUT2D eigenvalue weighted by atomic mass is 10.1. The Hall–Kier alpha value is -2.38. The van der Waals surface area contributed by atoms with E-state index in [0.29, 0.717) is 4.48 Å². The molecule has 0 aliphatic heterocycles. The van der Waals surface area contributed by atoms with E-state index in [1.165, 1.54) is 18.4 Å². The van der Waals surface area contributed by atoms with E-state index in [0.717, 1.165) is 5.56 Å². The van der Waals surface area contributed by atoms with E-state index in [9.17, 15) is 4.79 Å². The molecule has 0 atom stereocenters. The number of nitriles is 1. The van der Waals surface area contributed by atoms with Crippen molar-refractivity contribution >= 4 is 27.8 Å². The van der Waals surface area contributed by atoms with E-state index < -0.39 is 5.78 Å². The van der Waals surface area contributed by atoms with Gasteiger partial charge in [0.1, 0.15) is 11.6 Å². The minimum atomic E-state index is -0.434. The molecular formula is C16H10BrNO2. The molecular weight excluding hydrogens is 318 g/mol. The third-order valence-corrected chi connectivity index (χ3v) is 2.95. The lowest BCUT2D eigenvalue weighted by Crippen LogP contribution is -2.00. The zero-order chi connectivity index (χ0) is 14.4. The Morgan fingerprint density at radius 3 is 2.55 bits per heavy atom. The minimum Gasteiger partial charge on any atom is -0.461 e. The molecule has 20 heavy (non-hydrogen) atoms. The number of Topliss-reactive ketones (excluding diaryl/α,β-unsaturated/α-hetero) is 1. The van der Waals surface area contributed by atoms with Crippen molar-refractivity contribution in [2.75, 3.05) is 0 Å². The van der Waals surface area contributed by atoms with Crippen LogP contribution in [-0.2, 0) is 0 Å². The normalized spacial score (nSPS) is 12.0. The Kier molecular flexibility index (Phi) is 4.70. The molecule has 0 spiro atoms. The first-order valence-corrected chi connectivity index (χ1v) is 6.62. The summed E-state index contributed by atoms with van der Waals surface area (Å²) in [6.45, 7) is 0. The zero-order valence-electron chi connectivity index (χ0n) is 10.4. The summed E-state index contributed by atoms with van der Waals surface area (Å²) in [6, 6.07) is 14.6. The van der Waals surface area contributed by atoms with Crippen LogP contribution < -0.4 is 0 Å². The number of furan rings is 1. The van der Waals surface area contributed by atoms with Crippen LogP contribution in [0, 0.1) is 11.3 Å². The summed E-state index contributed by atoms with van der Waals surface area (Å²) in [5.74, 6) is -0.284. The number of halogens is 1. The summed E-state index contributed by atoms with van der Waals surface area (Å²) in [7, 11) is 0. The van der Waals surface area contributed by atoms with Gasteiger partial charge in [-0.2, -0.15) is 5.26 Å². The Morgan fingerprint density at radius 2 is 1.95 bits per heavy atom. The van der Waals surface area contributed by atoms with E-state index in [1.54, 1.807) is 6.07 Å². The van der Waals surface area contributed by atoms with E-state index in [2.05, 4.69) is 15.9 Å². The molecule has 0 N–H and O–H groups in total. The highest BCUT2D eigenvalue weighted by molar-refractivity contribution is 9.12. The van der Waals surface area contributed by atoms with Crippen LogP contribution >= 0.6 is 15.9 Å². The standard InChI is InChI=1S/C16H10BrNO2/c17-14(9-12-5-2-1-3-6-12)10-13(11-18)16(19)15-7-4-8-20-15/h1-10H/b13-10+,14-9-. The maximum Gasteiger partial charge on any atom is 0.238 e. The number of ketones is 1. The monoisotopic (exact) mass is 327 g/mol. The molecule has 0 bridgehead atoms. The molecule has 1 heterocycles. The molecule has 0 amide bonds. The van der Waals surface area contributed by atoms with Crippen molar-refractivity contribution in [3.8, 4) is 6.07 Å². The summed E-state index contributed by atoms with van der Waals surface area (Å²) in [5, 5.41) is 9.08. The fourth-order valence-electron chi connectivity index (χ4n) is 1.58. The van der Waals surface area contributed by atoms with Gasteiger partial charge in [0.2, 0.25) is 5.78 Å². The topological polar surface area (TPSA) is 54.0 Å². The fraction of sp³-hybridized carbons (Fsp3) is 0. The minimum absolute atomic E-state index is 0.0130. The number of hydrogen-bond acceptors (Lipinski definition) is 3. The Balaban J connectivity index is 2.26. The first kappa shape index (κ1) is 14.0. The van der Waals surface area contributed by atoms with Gasteiger partial charge < -0.3 is 4.42 Å². The summed E-state index contributed by atoms with van der Waals surface area (Å²) in [4.78, 5) is 12.0. The van der Waals surface area contributed by atoms with Gasteiger partial charge in [0.25, 0.3) is 0 Å². The largest absolute Gasteiger partial charge is 0.461 e. The highest BCUT2D eigenvalue weighted by Gasteiger charge is 2.14. The van der Waals surface area contributed by atoms with Gasteiger partial charge in [-0.3, -0.25) is 4.79 Å². The molecule has 3 nitrogen and oxygen atoms in total. The summed E-state index contributed by atoms with van der Waals surface area (Å²) >= 11 is 3.34. The van der Waals surface area contributed by atoms with Crippen molar-refractivity contribution in [2.45, 2.75) is 0 Å². The average molecular weight is 328 g/mol. The van der Waals surface area contributed by atoms with Crippen LogP contribution in [0.15, 0.2) is 69.3 Å². The van der Waals surface area contributed by atoms with Gasteiger partial charge in [0.15, 0.2) is 5.76 Å². The Labute approximate surface area is 125 Å². The molecule has 0 aliphatic carbocycles. The van der Waals surface area contributed by atoms with E-state index in [-0.39, 0.29) is 11.3 Å². The van der Waals surface area contributed by atoms with Crippen LogP contribution in [0.1, 0.15) is 16.1 Å². The SMILES string of the molecule is N#C/C(=C\C(Br)=C\c1ccccc1)C(=O)c1ccco1. The van der Waals surface area contributed by atoms with Crippen LogP contribution in [0.5, 0.6) is 0 Å². The van der Waals surface area contributed by atoms with Crippen LogP contribution in [0.3, 0.4) is 0 Å². The number of carbonyl (C=O) groups excluding carboxylic acids is 1. The van der Waals surface area contributed by atoms with Crippen molar-refractivity contribution in [1.82, 2.24) is 0 Å². The third kappa shape index (κ3) is 3.56. The average Bonchev–Trinajstić information content (AvgIpc) is 2.99. The molecule has 0 aliphatic rings. The second kappa shape index (κ2) is 6.69. The summed E-state index contributed by atoms with van der Waals surface area (Å²) < 4.78 is 5.64. The van der Waals surface area contributed by atoms with Gasteiger partial charge in [0, 0.05) is 4.48 Å². The van der Waals surface area contributed by atoms with Gasteiger partial charge >= 0.3 is 0 Å². The highest BCUT2D eigenvalue weighted by atomic mass is 79.9. The van der Waals surface area contributed by atoms with Gasteiger partial charge in [0.05, 0.1) is 6.26 Å². The molecule has 0 saturated heterocycles. The Morgan fingerprint density at radius 1 is 1.20 bits per heavy atom. The molecule has 0 radical (unpaired) electrons. The molecule has 98 valence electrons. The van der Waals surface area contributed by atoms with Crippen molar-refractivity contribution in [1.29, 1.82) is 5.26 Å². The molecule has 1 aromatic carbocycles. The molecule has 0 fully saturated rings. The first-order valence-electron chi connectivity index (χ1n) is 5.83. The first-order chi connectivity index (χ1) is 9.70. The number of benzene rings is 1. The van der Waals surface area contributed by atoms with Crippen LogP contribution in [0.25, 0.3) is 6.08 Å². The third-order valence-electron chi connectivity index (χ3n) is 2.50. The molecule has 0 unspecified atom stereocenters. The van der Waals surface area contributed by atoms with Crippen LogP contribution in [-0.4, -0.2) is 5.78 Å². The number of hydrogen-bond donors (Lipinski definition) is 0. The van der Waals surface area contributed by atoms with Gasteiger partial charge in [-0.1, -0.05) is 46.3 Å². The van der Waals surface area contributed by atoms with E-state index >= 15 is 0 Å². The summed E-state index contributed by atoms with van der Waals surface area (Å²) in [5.41, 5.74) is 0.984. The van der Waals surface area contributed by atoms with Crippen molar-refractivity contribution < 1.29 is 9.21 Å². The second-order valence-corrected chi connectivity index (χ2v) is 4.83. The summed E-state index contributed by atoms with van der Waals surface area (Å²) in [6.07, 6.45) is 4.71.